The molecule has 0 aliphatic heterocycles. The van der Waals surface area contributed by atoms with Crippen LogP contribution >= 0.6 is 69.6 Å². The van der Waals surface area contributed by atoms with Crippen molar-refractivity contribution >= 4 is 75.6 Å². The van der Waals surface area contributed by atoms with Crippen molar-refractivity contribution in [3.05, 3.63) is 72.2 Å². The maximum atomic E-state index is 11.4. The van der Waals surface area contributed by atoms with Crippen LogP contribution in [-0.2, 0) is 11.2 Å². The van der Waals surface area contributed by atoms with Crippen LogP contribution in [0.15, 0.2) is 36.5 Å². The van der Waals surface area contributed by atoms with E-state index in [9.17, 15) is 9.90 Å². The van der Waals surface area contributed by atoms with E-state index in [2.05, 4.69) is 4.98 Å². The predicted molar refractivity (Wildman–Crippen MR) is 117 cm³/mol. The van der Waals surface area contributed by atoms with Crippen LogP contribution in [0.2, 0.25) is 30.1 Å². The minimum atomic E-state index is -1.00. The molecule has 0 saturated heterocycles. The Kier molecular flexibility index (Phi) is 6.65. The Bertz CT molecular complexity index is 1050. The Morgan fingerprint density at radius 1 is 0.786 bits per heavy atom. The van der Waals surface area contributed by atoms with Gasteiger partial charge in [0.25, 0.3) is 0 Å². The predicted octanol–water partition coefficient (Wildman–Crippen LogP) is 7.96. The van der Waals surface area contributed by atoms with E-state index in [0.29, 0.717) is 27.9 Å². The summed E-state index contributed by atoms with van der Waals surface area (Å²) >= 11 is 36.4. The standard InChI is InChI=1S/C19H9Cl6NO2/c20-12-1-8(2-13(21)18(12)24)11-7-26-16(5-9(11)6-17(27)28)10-3-14(22)19(25)15(23)4-10/h1-5,7H,6H2,(H,27,28). The van der Waals surface area contributed by atoms with Gasteiger partial charge in [-0.1, -0.05) is 69.6 Å². The summed E-state index contributed by atoms with van der Waals surface area (Å²) < 4.78 is 0. The molecule has 3 aromatic rings. The molecule has 0 fully saturated rings. The third-order valence-corrected chi connectivity index (χ3v) is 6.30. The van der Waals surface area contributed by atoms with Crippen molar-refractivity contribution in [2.45, 2.75) is 6.42 Å². The molecule has 0 atom stereocenters. The second kappa shape index (κ2) is 8.66. The topological polar surface area (TPSA) is 50.2 Å². The van der Waals surface area contributed by atoms with Gasteiger partial charge < -0.3 is 5.11 Å². The number of carboxylic acids is 1. The lowest BCUT2D eigenvalue weighted by Crippen LogP contribution is -2.03. The Hall–Kier alpha value is -1.20. The molecule has 1 heterocycles. The number of halogens is 6. The van der Waals surface area contributed by atoms with Gasteiger partial charge in [0.15, 0.2) is 0 Å². The third-order valence-electron chi connectivity index (χ3n) is 3.91. The van der Waals surface area contributed by atoms with Gasteiger partial charge in [0.2, 0.25) is 0 Å². The summed E-state index contributed by atoms with van der Waals surface area (Å²) in [6, 6.07) is 8.08. The molecule has 1 N–H and O–H groups in total. The van der Waals surface area contributed by atoms with Crippen molar-refractivity contribution in [2.75, 3.05) is 0 Å². The maximum absolute atomic E-state index is 11.4. The lowest BCUT2D eigenvalue weighted by molar-refractivity contribution is -0.136. The molecule has 144 valence electrons. The maximum Gasteiger partial charge on any atom is 0.307 e. The van der Waals surface area contributed by atoms with Crippen LogP contribution in [0.25, 0.3) is 22.4 Å². The van der Waals surface area contributed by atoms with Crippen LogP contribution < -0.4 is 0 Å². The molecule has 0 amide bonds. The van der Waals surface area contributed by atoms with E-state index in [1.54, 1.807) is 36.5 Å². The first kappa shape index (κ1) is 21.5. The first-order valence-corrected chi connectivity index (χ1v) is 9.94. The quantitative estimate of drug-likeness (QED) is 0.373. The Balaban J connectivity index is 2.17. The molecular weight excluding hydrogens is 487 g/mol. The smallest absolute Gasteiger partial charge is 0.307 e. The van der Waals surface area contributed by atoms with Crippen LogP contribution in [0.1, 0.15) is 5.56 Å². The van der Waals surface area contributed by atoms with Gasteiger partial charge in [0, 0.05) is 17.3 Å². The largest absolute Gasteiger partial charge is 0.481 e. The molecule has 0 bridgehead atoms. The molecule has 28 heavy (non-hydrogen) atoms. The average molecular weight is 496 g/mol. The van der Waals surface area contributed by atoms with Crippen molar-refractivity contribution in [3.63, 3.8) is 0 Å². The Labute approximate surface area is 190 Å². The van der Waals surface area contributed by atoms with Crippen molar-refractivity contribution in [3.8, 4) is 22.4 Å². The number of carbonyl (C=O) groups is 1. The average Bonchev–Trinajstić information content (AvgIpc) is 2.62. The minimum absolute atomic E-state index is 0.224. The zero-order valence-electron chi connectivity index (χ0n) is 13.7. The van der Waals surface area contributed by atoms with Crippen molar-refractivity contribution in [1.82, 2.24) is 4.98 Å². The zero-order valence-corrected chi connectivity index (χ0v) is 18.3. The van der Waals surface area contributed by atoms with Crippen LogP contribution in [0.5, 0.6) is 0 Å². The number of pyridine rings is 1. The van der Waals surface area contributed by atoms with Gasteiger partial charge in [-0.3, -0.25) is 9.78 Å². The summed E-state index contributed by atoms with van der Waals surface area (Å²) in [5, 5.41) is 10.8. The normalized spacial score (nSPS) is 10.9. The summed E-state index contributed by atoms with van der Waals surface area (Å²) in [6.45, 7) is 0. The van der Waals surface area contributed by atoms with E-state index in [-0.39, 0.29) is 36.6 Å². The molecule has 0 saturated carbocycles. The van der Waals surface area contributed by atoms with E-state index in [1.165, 1.54) is 0 Å². The fourth-order valence-electron chi connectivity index (χ4n) is 2.64. The number of carboxylic acid groups (broad SMARTS) is 1. The highest BCUT2D eigenvalue weighted by Crippen LogP contribution is 2.38. The number of aliphatic carboxylic acids is 1. The number of rotatable bonds is 4. The number of benzene rings is 2. The third kappa shape index (κ3) is 4.51. The second-order valence-corrected chi connectivity index (χ2v) is 8.19. The monoisotopic (exact) mass is 493 g/mol. The highest BCUT2D eigenvalue weighted by molar-refractivity contribution is 6.49. The van der Waals surface area contributed by atoms with Crippen LogP contribution in [0.3, 0.4) is 0 Å². The number of hydrogen-bond acceptors (Lipinski definition) is 2. The molecule has 0 radical (unpaired) electrons. The highest BCUT2D eigenvalue weighted by Gasteiger charge is 2.16. The van der Waals surface area contributed by atoms with Crippen LogP contribution in [-0.4, -0.2) is 16.1 Å². The Morgan fingerprint density at radius 2 is 1.25 bits per heavy atom. The van der Waals surface area contributed by atoms with E-state index in [1.807, 2.05) is 0 Å². The Morgan fingerprint density at radius 3 is 1.71 bits per heavy atom. The fourth-order valence-corrected chi connectivity index (χ4v) is 3.83. The molecule has 2 aromatic carbocycles. The fraction of sp³-hybridized carbons (Fsp3) is 0.0526. The molecule has 0 aliphatic carbocycles. The molecular formula is C19H9Cl6NO2. The number of hydrogen-bond donors (Lipinski definition) is 1. The highest BCUT2D eigenvalue weighted by atomic mass is 35.5. The van der Waals surface area contributed by atoms with Crippen LogP contribution in [0.4, 0.5) is 0 Å². The van der Waals surface area contributed by atoms with Crippen molar-refractivity contribution < 1.29 is 9.90 Å². The first-order chi connectivity index (χ1) is 13.2. The van der Waals surface area contributed by atoms with Gasteiger partial charge in [-0.15, -0.1) is 0 Å². The molecule has 3 rings (SSSR count). The van der Waals surface area contributed by atoms with E-state index < -0.39 is 5.97 Å². The molecule has 0 aliphatic rings. The lowest BCUT2D eigenvalue weighted by atomic mass is 9.97. The second-order valence-electron chi connectivity index (χ2n) is 5.80. The first-order valence-electron chi connectivity index (χ1n) is 7.68. The molecule has 1 aromatic heterocycles. The molecule has 0 unspecified atom stereocenters. The van der Waals surface area contributed by atoms with Crippen molar-refractivity contribution in [2.24, 2.45) is 0 Å². The van der Waals surface area contributed by atoms with E-state index >= 15 is 0 Å². The number of nitrogens with zero attached hydrogens (tertiary/aromatic N) is 1. The van der Waals surface area contributed by atoms with Gasteiger partial charge in [0.05, 0.1) is 42.3 Å². The summed E-state index contributed by atoms with van der Waals surface area (Å²) in [5.41, 5.74) is 2.77. The summed E-state index contributed by atoms with van der Waals surface area (Å²) in [5.74, 6) is -1.00. The lowest BCUT2D eigenvalue weighted by Gasteiger charge is -2.13. The summed E-state index contributed by atoms with van der Waals surface area (Å²) in [4.78, 5) is 15.8. The molecule has 0 spiro atoms. The van der Waals surface area contributed by atoms with Gasteiger partial charge in [-0.05, 0) is 41.5 Å². The molecule has 3 nitrogen and oxygen atoms in total. The van der Waals surface area contributed by atoms with Gasteiger partial charge in [-0.25, -0.2) is 0 Å². The molecule has 9 heteroatoms. The van der Waals surface area contributed by atoms with Crippen molar-refractivity contribution in [1.29, 1.82) is 0 Å². The SMILES string of the molecule is O=C(O)Cc1cc(-c2cc(Cl)c(Cl)c(Cl)c2)ncc1-c1cc(Cl)c(Cl)c(Cl)c1. The van der Waals surface area contributed by atoms with Gasteiger partial charge in [-0.2, -0.15) is 0 Å². The van der Waals surface area contributed by atoms with E-state index in [4.69, 9.17) is 69.6 Å². The summed E-state index contributed by atoms with van der Waals surface area (Å²) in [7, 11) is 0. The minimum Gasteiger partial charge on any atom is -0.481 e. The number of aromatic nitrogens is 1. The van der Waals surface area contributed by atoms with Gasteiger partial charge >= 0.3 is 5.97 Å². The summed E-state index contributed by atoms with van der Waals surface area (Å²) in [6.07, 6.45) is 1.30. The van der Waals surface area contributed by atoms with E-state index in [0.717, 1.165) is 0 Å². The zero-order chi connectivity index (χ0) is 20.6. The van der Waals surface area contributed by atoms with Gasteiger partial charge in [0.1, 0.15) is 0 Å². The van der Waals surface area contributed by atoms with Crippen LogP contribution in [0, 0.1) is 0 Å².